The summed E-state index contributed by atoms with van der Waals surface area (Å²) in [5.74, 6) is 0.623. The number of Topliss-reactive ketones (excluding diaryl/α,β-unsaturated/α-hetero) is 1. The highest BCUT2D eigenvalue weighted by molar-refractivity contribution is 8.18. The van der Waals surface area contributed by atoms with E-state index in [4.69, 9.17) is 9.15 Å². The second-order valence-electron chi connectivity index (χ2n) is 6.42. The summed E-state index contributed by atoms with van der Waals surface area (Å²) in [6, 6.07) is 16.2. The molecule has 150 valence electrons. The SMILES string of the molecule is Cc1oc(-c2ccccc2)nc1C(=O)COc1ccc(/C=C2\SC(=O)NC2=O)cc1. The molecule has 1 saturated heterocycles. The number of carbonyl (C=O) groups excluding carboxylic acids is 3. The summed E-state index contributed by atoms with van der Waals surface area (Å²) < 4.78 is 11.2. The maximum absolute atomic E-state index is 12.5. The van der Waals surface area contributed by atoms with Crippen LogP contribution in [0.1, 0.15) is 21.8 Å². The number of oxazole rings is 1. The number of aryl methyl sites for hydroxylation is 1. The average molecular weight is 420 g/mol. The number of nitrogens with one attached hydrogen (secondary N) is 1. The van der Waals surface area contributed by atoms with E-state index in [1.54, 1.807) is 37.3 Å². The summed E-state index contributed by atoms with van der Waals surface area (Å²) >= 11 is 0.856. The Morgan fingerprint density at radius 3 is 2.53 bits per heavy atom. The average Bonchev–Trinajstić information content (AvgIpc) is 3.29. The van der Waals surface area contributed by atoms with Gasteiger partial charge in [-0.15, -0.1) is 0 Å². The minimum Gasteiger partial charge on any atom is -0.485 e. The minimum absolute atomic E-state index is 0.186. The van der Waals surface area contributed by atoms with Gasteiger partial charge in [-0.2, -0.15) is 0 Å². The number of hydrogen-bond acceptors (Lipinski definition) is 7. The molecular weight excluding hydrogens is 404 g/mol. The quantitative estimate of drug-likeness (QED) is 0.470. The van der Waals surface area contributed by atoms with Gasteiger partial charge in [-0.05, 0) is 54.6 Å². The molecule has 1 aromatic heterocycles. The Morgan fingerprint density at radius 1 is 1.13 bits per heavy atom. The zero-order chi connectivity index (χ0) is 21.1. The first-order valence-corrected chi connectivity index (χ1v) is 9.85. The van der Waals surface area contributed by atoms with Crippen LogP contribution >= 0.6 is 11.8 Å². The summed E-state index contributed by atoms with van der Waals surface area (Å²) in [4.78, 5) is 39.9. The molecule has 30 heavy (non-hydrogen) atoms. The molecule has 0 aliphatic carbocycles. The second-order valence-corrected chi connectivity index (χ2v) is 7.44. The molecule has 0 saturated carbocycles. The number of ketones is 1. The lowest BCUT2D eigenvalue weighted by molar-refractivity contribution is -0.115. The van der Waals surface area contributed by atoms with E-state index in [1.165, 1.54) is 0 Å². The highest BCUT2D eigenvalue weighted by atomic mass is 32.2. The van der Waals surface area contributed by atoms with E-state index in [-0.39, 0.29) is 23.3 Å². The van der Waals surface area contributed by atoms with E-state index in [1.807, 2.05) is 30.3 Å². The van der Waals surface area contributed by atoms with Crippen molar-refractivity contribution in [1.29, 1.82) is 0 Å². The van der Waals surface area contributed by atoms with Crippen molar-refractivity contribution in [2.75, 3.05) is 6.61 Å². The van der Waals surface area contributed by atoms with E-state index in [2.05, 4.69) is 10.3 Å². The summed E-state index contributed by atoms with van der Waals surface area (Å²) in [5.41, 5.74) is 1.77. The Morgan fingerprint density at radius 2 is 1.87 bits per heavy atom. The first-order chi connectivity index (χ1) is 14.5. The van der Waals surface area contributed by atoms with Crippen molar-refractivity contribution in [3.63, 3.8) is 0 Å². The highest BCUT2D eigenvalue weighted by Crippen LogP contribution is 2.26. The number of ether oxygens (including phenoxy) is 1. The Kier molecular flexibility index (Phi) is 5.49. The smallest absolute Gasteiger partial charge is 0.290 e. The van der Waals surface area contributed by atoms with E-state index in [0.717, 1.165) is 22.9 Å². The van der Waals surface area contributed by atoms with Crippen LogP contribution in [0.2, 0.25) is 0 Å². The lowest BCUT2D eigenvalue weighted by atomic mass is 10.2. The lowest BCUT2D eigenvalue weighted by Gasteiger charge is -2.05. The maximum Gasteiger partial charge on any atom is 0.290 e. The van der Waals surface area contributed by atoms with Crippen molar-refractivity contribution >= 4 is 34.8 Å². The molecule has 2 amide bonds. The topological polar surface area (TPSA) is 98.5 Å². The van der Waals surface area contributed by atoms with Crippen molar-refractivity contribution in [1.82, 2.24) is 10.3 Å². The monoisotopic (exact) mass is 420 g/mol. The summed E-state index contributed by atoms with van der Waals surface area (Å²) in [6.45, 7) is 1.51. The molecule has 0 atom stereocenters. The number of benzene rings is 2. The van der Waals surface area contributed by atoms with Crippen molar-refractivity contribution in [3.8, 4) is 17.2 Å². The van der Waals surface area contributed by atoms with Crippen LogP contribution in [0.25, 0.3) is 17.5 Å². The number of thioether (sulfide) groups is 1. The lowest BCUT2D eigenvalue weighted by Crippen LogP contribution is -2.17. The van der Waals surface area contributed by atoms with Gasteiger partial charge in [0.15, 0.2) is 12.3 Å². The fourth-order valence-electron chi connectivity index (χ4n) is 2.81. The first-order valence-electron chi connectivity index (χ1n) is 9.03. The molecule has 0 bridgehead atoms. The molecule has 4 rings (SSSR count). The maximum atomic E-state index is 12.5. The third-order valence-electron chi connectivity index (χ3n) is 4.27. The largest absolute Gasteiger partial charge is 0.485 e. The van der Waals surface area contributed by atoms with Crippen LogP contribution in [-0.4, -0.2) is 28.5 Å². The number of aromatic nitrogens is 1. The molecule has 2 heterocycles. The molecule has 1 N–H and O–H groups in total. The van der Waals surface area contributed by atoms with Crippen LogP contribution in [0.4, 0.5) is 4.79 Å². The molecule has 1 aliphatic rings. The molecule has 7 nitrogen and oxygen atoms in total. The molecule has 3 aromatic rings. The molecule has 8 heteroatoms. The van der Waals surface area contributed by atoms with Crippen LogP contribution in [0, 0.1) is 6.92 Å². The van der Waals surface area contributed by atoms with Crippen molar-refractivity contribution in [2.24, 2.45) is 0 Å². The predicted molar refractivity (Wildman–Crippen MR) is 112 cm³/mol. The zero-order valence-corrected chi connectivity index (χ0v) is 16.7. The third kappa shape index (κ3) is 4.33. The Balaban J connectivity index is 1.40. The molecule has 1 aliphatic heterocycles. The van der Waals surface area contributed by atoms with E-state index in [0.29, 0.717) is 22.3 Å². The molecule has 0 unspecified atom stereocenters. The Bertz CT molecular complexity index is 1150. The van der Waals surface area contributed by atoms with Gasteiger partial charge in [0.2, 0.25) is 11.7 Å². The summed E-state index contributed by atoms with van der Waals surface area (Å²) in [7, 11) is 0. The predicted octanol–water partition coefficient (Wildman–Crippen LogP) is 4.24. The second kappa shape index (κ2) is 8.38. The van der Waals surface area contributed by atoms with Crippen LogP contribution in [0.3, 0.4) is 0 Å². The number of amides is 2. The molecule has 2 aromatic carbocycles. The number of hydrogen-bond donors (Lipinski definition) is 1. The van der Waals surface area contributed by atoms with E-state index < -0.39 is 5.91 Å². The van der Waals surface area contributed by atoms with Crippen LogP contribution in [0.5, 0.6) is 5.75 Å². The van der Waals surface area contributed by atoms with Crippen LogP contribution < -0.4 is 10.1 Å². The first kappa shape index (κ1) is 19.7. The van der Waals surface area contributed by atoms with Gasteiger partial charge in [-0.1, -0.05) is 30.3 Å². The van der Waals surface area contributed by atoms with E-state index >= 15 is 0 Å². The fraction of sp³-hybridized carbons (Fsp3) is 0.0909. The molecule has 1 fully saturated rings. The number of imide groups is 1. The minimum atomic E-state index is -0.409. The number of carbonyl (C=O) groups is 3. The fourth-order valence-corrected chi connectivity index (χ4v) is 3.49. The van der Waals surface area contributed by atoms with Crippen LogP contribution in [0.15, 0.2) is 63.9 Å². The van der Waals surface area contributed by atoms with Gasteiger partial charge in [0.25, 0.3) is 11.1 Å². The standard InChI is InChI=1S/C22H16N2O5S/c1-13-19(23-21(29-13)15-5-3-2-4-6-15)17(25)12-28-16-9-7-14(8-10-16)11-18-20(26)24-22(27)30-18/h2-11H,12H2,1H3,(H,24,26,27)/b18-11-. The van der Waals surface area contributed by atoms with Crippen molar-refractivity contribution < 1.29 is 23.5 Å². The van der Waals surface area contributed by atoms with Gasteiger partial charge in [-0.25, -0.2) is 4.98 Å². The van der Waals surface area contributed by atoms with Crippen LogP contribution in [-0.2, 0) is 4.79 Å². The van der Waals surface area contributed by atoms with Gasteiger partial charge in [0.1, 0.15) is 11.5 Å². The normalized spacial score (nSPS) is 14.8. The number of rotatable bonds is 6. The van der Waals surface area contributed by atoms with Crippen molar-refractivity contribution in [3.05, 3.63) is 76.5 Å². The molecular formula is C22H16N2O5S. The molecule has 0 spiro atoms. The molecule has 0 radical (unpaired) electrons. The van der Waals surface area contributed by atoms with Crippen molar-refractivity contribution in [2.45, 2.75) is 6.92 Å². The third-order valence-corrected chi connectivity index (χ3v) is 5.08. The van der Waals surface area contributed by atoms with E-state index in [9.17, 15) is 14.4 Å². The Labute approximate surface area is 176 Å². The van der Waals surface area contributed by atoms with Gasteiger partial charge < -0.3 is 9.15 Å². The summed E-state index contributed by atoms with van der Waals surface area (Å²) in [5, 5.41) is 1.82. The zero-order valence-electron chi connectivity index (χ0n) is 15.9. The Hall–Kier alpha value is -3.65. The summed E-state index contributed by atoms with van der Waals surface area (Å²) in [6.07, 6.45) is 1.61. The van der Waals surface area contributed by atoms with Gasteiger partial charge in [-0.3, -0.25) is 19.7 Å². The van der Waals surface area contributed by atoms with Gasteiger partial charge in [0.05, 0.1) is 4.91 Å². The number of nitrogens with zero attached hydrogens (tertiary/aromatic N) is 1. The van der Waals surface area contributed by atoms with Gasteiger partial charge >= 0.3 is 0 Å². The van der Waals surface area contributed by atoms with Gasteiger partial charge in [0, 0.05) is 5.56 Å². The highest BCUT2D eigenvalue weighted by Gasteiger charge is 2.25.